The molecule has 0 aliphatic rings. The summed E-state index contributed by atoms with van der Waals surface area (Å²) in [5, 5.41) is 15.2. The van der Waals surface area contributed by atoms with Crippen LogP contribution in [0.1, 0.15) is 0 Å². The summed E-state index contributed by atoms with van der Waals surface area (Å²) in [6, 6.07) is 15.7. The number of urea groups is 1. The zero-order valence-electron chi connectivity index (χ0n) is 14.6. The van der Waals surface area contributed by atoms with E-state index in [1.165, 1.54) is 0 Å². The van der Waals surface area contributed by atoms with Gasteiger partial charge in [0.05, 0.1) is 10.2 Å². The molecule has 0 bridgehead atoms. The normalized spacial score (nSPS) is 10.6. The predicted molar refractivity (Wildman–Crippen MR) is 110 cm³/mol. The van der Waals surface area contributed by atoms with Gasteiger partial charge in [-0.05, 0) is 42.5 Å². The van der Waals surface area contributed by atoms with Crippen LogP contribution >= 0.6 is 11.3 Å². The topological polar surface area (TPSA) is 96.4 Å². The second-order valence-corrected chi connectivity index (χ2v) is 6.85. The van der Waals surface area contributed by atoms with Gasteiger partial charge in [-0.15, -0.1) is 11.3 Å². The Kier molecular flexibility index (Phi) is 5.14. The number of aliphatic hydroxyl groups excluding tert-OH is 1. The predicted octanol–water partition coefficient (Wildman–Crippen LogP) is 4.33. The van der Waals surface area contributed by atoms with E-state index < -0.39 is 6.79 Å². The van der Waals surface area contributed by atoms with E-state index in [0.29, 0.717) is 17.1 Å². The number of hydrogen-bond acceptors (Lipinski definition) is 6. The van der Waals surface area contributed by atoms with E-state index in [9.17, 15) is 4.79 Å². The lowest BCUT2D eigenvalue weighted by atomic mass is 10.2. The fourth-order valence-electron chi connectivity index (χ4n) is 2.64. The second-order valence-electron chi connectivity index (χ2n) is 5.82. The van der Waals surface area contributed by atoms with E-state index in [2.05, 4.69) is 20.6 Å². The van der Waals surface area contributed by atoms with Crippen molar-refractivity contribution < 1.29 is 14.6 Å². The van der Waals surface area contributed by atoms with E-state index in [4.69, 9.17) is 9.84 Å². The molecule has 2 heterocycles. The number of ether oxygens (including phenoxy) is 1. The molecule has 0 spiro atoms. The average Bonchev–Trinajstić information content (AvgIpc) is 3.14. The molecule has 28 heavy (non-hydrogen) atoms. The molecule has 0 saturated heterocycles. The SMILES string of the molecule is O=C(Nc1ccc(OCO)cc1)Nc1cccc(-c2nc3ccncc3s2)c1. The van der Waals surface area contributed by atoms with Crippen LogP contribution < -0.4 is 15.4 Å². The number of carbonyl (C=O) groups excluding carboxylic acids is 1. The minimum absolute atomic E-state index is 0.360. The van der Waals surface area contributed by atoms with Gasteiger partial charge in [0.25, 0.3) is 0 Å². The third-order valence-corrected chi connectivity index (χ3v) is 4.96. The van der Waals surface area contributed by atoms with Gasteiger partial charge in [-0.25, -0.2) is 9.78 Å². The largest absolute Gasteiger partial charge is 0.468 e. The number of fused-ring (bicyclic) bond motifs is 1. The maximum absolute atomic E-state index is 12.3. The molecule has 8 heteroatoms. The van der Waals surface area contributed by atoms with Crippen molar-refractivity contribution in [2.24, 2.45) is 0 Å². The number of hydrogen-bond donors (Lipinski definition) is 3. The van der Waals surface area contributed by atoms with Gasteiger partial charge in [-0.1, -0.05) is 12.1 Å². The molecule has 3 N–H and O–H groups in total. The Balaban J connectivity index is 1.46. The van der Waals surface area contributed by atoms with Crippen molar-refractivity contribution in [3.8, 4) is 16.3 Å². The van der Waals surface area contributed by atoms with Gasteiger partial charge in [0, 0.05) is 29.3 Å². The first-order chi connectivity index (χ1) is 13.7. The Hall–Kier alpha value is -3.49. The number of benzene rings is 2. The highest BCUT2D eigenvalue weighted by Gasteiger charge is 2.08. The van der Waals surface area contributed by atoms with Crippen LogP contribution in [0, 0.1) is 0 Å². The van der Waals surface area contributed by atoms with Crippen LogP contribution in [-0.2, 0) is 0 Å². The quantitative estimate of drug-likeness (QED) is 0.439. The molecule has 0 aliphatic carbocycles. The molecule has 4 aromatic rings. The lowest BCUT2D eigenvalue weighted by Gasteiger charge is -2.09. The molecule has 0 saturated carbocycles. The Morgan fingerprint density at radius 3 is 2.68 bits per heavy atom. The maximum Gasteiger partial charge on any atom is 0.323 e. The van der Waals surface area contributed by atoms with Crippen LogP contribution in [0.5, 0.6) is 5.75 Å². The number of carbonyl (C=O) groups is 1. The van der Waals surface area contributed by atoms with Crippen molar-refractivity contribution in [3.63, 3.8) is 0 Å². The second kappa shape index (κ2) is 8.03. The fraction of sp³-hybridized carbons (Fsp3) is 0.0500. The van der Waals surface area contributed by atoms with Crippen molar-refractivity contribution in [3.05, 3.63) is 67.0 Å². The summed E-state index contributed by atoms with van der Waals surface area (Å²) in [4.78, 5) is 21.0. The number of nitrogens with one attached hydrogen (secondary N) is 2. The summed E-state index contributed by atoms with van der Waals surface area (Å²) < 4.78 is 5.97. The Labute approximate surface area is 164 Å². The third-order valence-electron chi connectivity index (χ3n) is 3.90. The molecular weight excluding hydrogens is 376 g/mol. The number of aromatic nitrogens is 2. The van der Waals surface area contributed by atoms with Crippen molar-refractivity contribution in [1.82, 2.24) is 9.97 Å². The van der Waals surface area contributed by atoms with Crippen LogP contribution in [-0.4, -0.2) is 27.9 Å². The first-order valence-electron chi connectivity index (χ1n) is 8.44. The first kappa shape index (κ1) is 17.9. The molecule has 0 unspecified atom stereocenters. The Morgan fingerprint density at radius 1 is 1.07 bits per heavy atom. The number of rotatable bonds is 5. The van der Waals surface area contributed by atoms with Crippen molar-refractivity contribution in [2.75, 3.05) is 17.4 Å². The number of nitrogens with zero attached hydrogens (tertiary/aromatic N) is 2. The molecular formula is C20H16N4O3S. The standard InChI is InChI=1S/C20H16N4O3S/c25-12-27-16-6-4-14(5-7-16)22-20(26)23-15-3-1-2-13(10-15)19-24-17-8-9-21-11-18(17)28-19/h1-11,25H,12H2,(H2,22,23,26). The van der Waals surface area contributed by atoms with Gasteiger partial charge in [0.15, 0.2) is 6.79 Å². The van der Waals surface area contributed by atoms with Crippen LogP contribution in [0.2, 0.25) is 0 Å². The van der Waals surface area contributed by atoms with Gasteiger partial charge in [-0.2, -0.15) is 0 Å². The summed E-state index contributed by atoms with van der Waals surface area (Å²) in [6.45, 7) is -0.394. The minimum atomic E-state index is -0.394. The highest BCUT2D eigenvalue weighted by Crippen LogP contribution is 2.30. The van der Waals surface area contributed by atoms with Crippen molar-refractivity contribution in [2.45, 2.75) is 0 Å². The smallest absolute Gasteiger partial charge is 0.323 e. The number of anilines is 2. The summed E-state index contributed by atoms with van der Waals surface area (Å²) in [5.74, 6) is 0.521. The number of thiazole rings is 1. The highest BCUT2D eigenvalue weighted by atomic mass is 32.1. The summed E-state index contributed by atoms with van der Waals surface area (Å²) in [5.41, 5.74) is 3.09. The van der Waals surface area contributed by atoms with E-state index in [1.807, 2.05) is 30.3 Å². The molecule has 2 aromatic heterocycles. The van der Waals surface area contributed by atoms with Gasteiger partial charge < -0.3 is 20.5 Å². The molecule has 0 atom stereocenters. The zero-order valence-corrected chi connectivity index (χ0v) is 15.4. The molecule has 7 nitrogen and oxygen atoms in total. The average molecular weight is 392 g/mol. The first-order valence-corrected chi connectivity index (χ1v) is 9.25. The van der Waals surface area contributed by atoms with Crippen molar-refractivity contribution in [1.29, 1.82) is 0 Å². The molecule has 0 radical (unpaired) electrons. The molecule has 140 valence electrons. The van der Waals surface area contributed by atoms with Gasteiger partial charge in [0.2, 0.25) is 0 Å². The molecule has 2 amide bonds. The van der Waals surface area contributed by atoms with Gasteiger partial charge in [0.1, 0.15) is 10.8 Å². The molecule has 0 aliphatic heterocycles. The third kappa shape index (κ3) is 4.08. The zero-order chi connectivity index (χ0) is 19.3. The summed E-state index contributed by atoms with van der Waals surface area (Å²) in [6.07, 6.45) is 3.51. The summed E-state index contributed by atoms with van der Waals surface area (Å²) in [7, 11) is 0. The minimum Gasteiger partial charge on any atom is -0.468 e. The van der Waals surface area contributed by atoms with Crippen molar-refractivity contribution >= 4 is 39.0 Å². The Bertz CT molecular complexity index is 1080. The van der Waals surface area contributed by atoms with Gasteiger partial charge >= 0.3 is 6.03 Å². The van der Waals surface area contributed by atoms with Crippen LogP contribution in [0.3, 0.4) is 0 Å². The lowest BCUT2D eigenvalue weighted by Crippen LogP contribution is -2.19. The van der Waals surface area contributed by atoms with E-state index in [1.54, 1.807) is 48.0 Å². The monoisotopic (exact) mass is 392 g/mol. The van der Waals surface area contributed by atoms with E-state index in [-0.39, 0.29) is 6.03 Å². The lowest BCUT2D eigenvalue weighted by molar-refractivity contribution is 0.0985. The van der Waals surface area contributed by atoms with Gasteiger partial charge in [-0.3, -0.25) is 4.98 Å². The molecule has 0 fully saturated rings. The van der Waals surface area contributed by atoms with Crippen LogP contribution in [0.15, 0.2) is 67.0 Å². The fourth-order valence-corrected chi connectivity index (χ4v) is 3.56. The number of pyridine rings is 1. The Morgan fingerprint density at radius 2 is 1.89 bits per heavy atom. The maximum atomic E-state index is 12.3. The van der Waals surface area contributed by atoms with Crippen LogP contribution in [0.25, 0.3) is 20.8 Å². The van der Waals surface area contributed by atoms with E-state index >= 15 is 0 Å². The van der Waals surface area contributed by atoms with Crippen LogP contribution in [0.4, 0.5) is 16.2 Å². The molecule has 2 aromatic carbocycles. The molecule has 4 rings (SSSR count). The van der Waals surface area contributed by atoms with E-state index in [0.717, 1.165) is 20.8 Å². The number of amides is 2. The summed E-state index contributed by atoms with van der Waals surface area (Å²) >= 11 is 1.55. The highest BCUT2D eigenvalue weighted by molar-refractivity contribution is 7.21. The number of aliphatic hydroxyl groups is 1.